The minimum absolute atomic E-state index is 0.304. The van der Waals surface area contributed by atoms with Crippen LogP contribution in [0.1, 0.15) is 48.2 Å². The van der Waals surface area contributed by atoms with Crippen molar-refractivity contribution in [3.63, 3.8) is 0 Å². The molecule has 0 bridgehead atoms. The Labute approximate surface area is 124 Å². The van der Waals surface area contributed by atoms with Crippen LogP contribution in [-0.2, 0) is 4.79 Å². The lowest BCUT2D eigenvalue weighted by Crippen LogP contribution is -2.52. The zero-order valence-electron chi connectivity index (χ0n) is 12.2. The van der Waals surface area contributed by atoms with Gasteiger partial charge in [-0.15, -0.1) is 0 Å². The van der Waals surface area contributed by atoms with Crippen molar-refractivity contribution in [3.05, 3.63) is 33.8 Å². The number of aryl methyl sites for hydroxylation is 2. The van der Waals surface area contributed by atoms with Gasteiger partial charge in [0.05, 0.1) is 10.6 Å². The molecule has 1 amide bonds. The monoisotopic (exact) mass is 297 g/mol. The molecule has 0 spiro atoms. The third kappa shape index (κ3) is 3.51. The van der Waals surface area contributed by atoms with E-state index in [1.165, 1.54) is 6.92 Å². The van der Waals surface area contributed by atoms with Crippen molar-refractivity contribution in [2.75, 3.05) is 0 Å². The second-order valence-electron chi connectivity index (χ2n) is 5.26. The first-order valence-corrected chi connectivity index (χ1v) is 6.91. The first kappa shape index (κ1) is 16.5. The number of halogens is 1. The largest absolute Gasteiger partial charge is 0.480 e. The van der Waals surface area contributed by atoms with Crippen LogP contribution in [0.2, 0.25) is 5.02 Å². The number of carbonyl (C=O) groups excluding carboxylic acids is 1. The Kier molecular flexibility index (Phi) is 5.17. The van der Waals surface area contributed by atoms with Crippen LogP contribution >= 0.6 is 11.6 Å². The van der Waals surface area contributed by atoms with E-state index in [9.17, 15) is 14.7 Å². The molecule has 0 radical (unpaired) electrons. The Morgan fingerprint density at radius 2 is 1.85 bits per heavy atom. The molecule has 0 saturated carbocycles. The Hall–Kier alpha value is -1.55. The number of amides is 1. The first-order valence-electron chi connectivity index (χ1n) is 6.54. The fourth-order valence-electron chi connectivity index (χ4n) is 2.00. The number of rotatable bonds is 5. The van der Waals surface area contributed by atoms with Crippen molar-refractivity contribution in [3.8, 4) is 0 Å². The summed E-state index contributed by atoms with van der Waals surface area (Å²) >= 11 is 6.07. The first-order chi connectivity index (χ1) is 9.21. The maximum atomic E-state index is 12.3. The molecule has 20 heavy (non-hydrogen) atoms. The van der Waals surface area contributed by atoms with E-state index in [1.54, 1.807) is 12.1 Å². The van der Waals surface area contributed by atoms with Gasteiger partial charge in [0.15, 0.2) is 0 Å². The van der Waals surface area contributed by atoms with Crippen molar-refractivity contribution >= 4 is 23.5 Å². The lowest BCUT2D eigenvalue weighted by Gasteiger charge is -2.26. The normalized spacial score (nSPS) is 13.7. The van der Waals surface area contributed by atoms with E-state index >= 15 is 0 Å². The van der Waals surface area contributed by atoms with Gasteiger partial charge < -0.3 is 10.4 Å². The molecule has 1 unspecified atom stereocenters. The molecule has 1 aromatic carbocycles. The minimum atomic E-state index is -1.28. The van der Waals surface area contributed by atoms with E-state index in [0.29, 0.717) is 23.4 Å². The fourth-order valence-corrected chi connectivity index (χ4v) is 2.30. The van der Waals surface area contributed by atoms with Crippen LogP contribution in [0.15, 0.2) is 12.1 Å². The molecule has 0 aromatic heterocycles. The minimum Gasteiger partial charge on any atom is -0.480 e. The summed E-state index contributed by atoms with van der Waals surface area (Å²) in [7, 11) is 0. The van der Waals surface area contributed by atoms with E-state index in [0.717, 1.165) is 11.1 Å². The lowest BCUT2D eigenvalue weighted by atomic mass is 9.95. The smallest absolute Gasteiger partial charge is 0.329 e. The van der Waals surface area contributed by atoms with E-state index in [1.807, 2.05) is 20.8 Å². The van der Waals surface area contributed by atoms with E-state index in [4.69, 9.17) is 11.6 Å². The predicted octanol–water partition coefficient (Wildman–Crippen LogP) is 3.33. The second-order valence-corrected chi connectivity index (χ2v) is 5.66. The quantitative estimate of drug-likeness (QED) is 0.876. The number of hydrogen-bond donors (Lipinski definition) is 2. The fraction of sp³-hybridized carbons (Fsp3) is 0.467. The molecule has 110 valence electrons. The van der Waals surface area contributed by atoms with Crippen molar-refractivity contribution in [2.45, 2.75) is 46.1 Å². The molecule has 0 saturated heterocycles. The molecule has 0 aliphatic carbocycles. The van der Waals surface area contributed by atoms with Crippen molar-refractivity contribution in [1.29, 1.82) is 0 Å². The van der Waals surface area contributed by atoms with E-state index in [2.05, 4.69) is 5.32 Å². The number of carboxylic acids is 1. The highest BCUT2D eigenvalue weighted by atomic mass is 35.5. The van der Waals surface area contributed by atoms with Crippen molar-refractivity contribution in [1.82, 2.24) is 5.32 Å². The van der Waals surface area contributed by atoms with Crippen LogP contribution in [0.3, 0.4) is 0 Å². The van der Waals surface area contributed by atoms with Gasteiger partial charge in [-0.2, -0.15) is 0 Å². The van der Waals surface area contributed by atoms with Crippen LogP contribution in [0.25, 0.3) is 0 Å². The van der Waals surface area contributed by atoms with E-state index < -0.39 is 17.4 Å². The van der Waals surface area contributed by atoms with E-state index in [-0.39, 0.29) is 0 Å². The highest BCUT2D eigenvalue weighted by Gasteiger charge is 2.34. The Bertz CT molecular complexity index is 542. The number of carboxylic acid groups (broad SMARTS) is 1. The van der Waals surface area contributed by atoms with Gasteiger partial charge in [0, 0.05) is 0 Å². The van der Waals surface area contributed by atoms with Gasteiger partial charge >= 0.3 is 5.97 Å². The topological polar surface area (TPSA) is 66.4 Å². The molecule has 1 aromatic rings. The summed E-state index contributed by atoms with van der Waals surface area (Å²) in [6, 6.07) is 3.39. The molecule has 0 aliphatic heterocycles. The summed E-state index contributed by atoms with van der Waals surface area (Å²) < 4.78 is 0. The van der Waals surface area contributed by atoms with Crippen LogP contribution in [0, 0.1) is 13.8 Å². The highest BCUT2D eigenvalue weighted by Crippen LogP contribution is 2.22. The SMILES string of the molecule is CCCC(C)(NC(=O)c1cc(C)c(C)cc1Cl)C(=O)O. The van der Waals surface area contributed by atoms with Crippen molar-refractivity contribution in [2.24, 2.45) is 0 Å². The standard InChI is InChI=1S/C15H20ClNO3/c1-5-6-15(4,14(19)20)17-13(18)11-7-9(2)10(3)8-12(11)16/h7-8H,5-6H2,1-4H3,(H,17,18)(H,19,20). The number of aliphatic carboxylic acids is 1. The molecule has 0 aliphatic rings. The molecular weight excluding hydrogens is 278 g/mol. The van der Waals surface area contributed by atoms with Gasteiger partial charge in [-0.05, 0) is 50.5 Å². The second kappa shape index (κ2) is 6.27. The van der Waals surface area contributed by atoms with Gasteiger partial charge in [0.25, 0.3) is 5.91 Å². The van der Waals surface area contributed by atoms with Gasteiger partial charge in [-0.1, -0.05) is 24.9 Å². The molecular formula is C15H20ClNO3. The Balaban J connectivity index is 3.07. The summed E-state index contributed by atoms with van der Waals surface area (Å²) in [6.07, 6.45) is 1.01. The molecule has 1 rings (SSSR count). The molecule has 1 atom stereocenters. The summed E-state index contributed by atoms with van der Waals surface area (Å²) in [5, 5.41) is 12.2. The molecule has 5 heteroatoms. The van der Waals surface area contributed by atoms with Crippen molar-refractivity contribution < 1.29 is 14.7 Å². The van der Waals surface area contributed by atoms with Crippen LogP contribution in [-0.4, -0.2) is 22.5 Å². The summed E-state index contributed by atoms with van der Waals surface area (Å²) in [5.41, 5.74) is 0.944. The Morgan fingerprint density at radius 3 is 2.35 bits per heavy atom. The number of carbonyl (C=O) groups is 2. The van der Waals surface area contributed by atoms with Crippen LogP contribution in [0.5, 0.6) is 0 Å². The number of nitrogens with one attached hydrogen (secondary N) is 1. The average Bonchev–Trinajstić information content (AvgIpc) is 2.33. The van der Waals surface area contributed by atoms with Gasteiger partial charge in [-0.25, -0.2) is 4.79 Å². The third-order valence-electron chi connectivity index (χ3n) is 3.44. The lowest BCUT2D eigenvalue weighted by molar-refractivity contribution is -0.144. The summed E-state index contributed by atoms with van der Waals surface area (Å²) in [4.78, 5) is 23.6. The zero-order chi connectivity index (χ0) is 15.5. The molecule has 0 fully saturated rings. The van der Waals surface area contributed by atoms with Gasteiger partial charge in [0.2, 0.25) is 0 Å². The maximum Gasteiger partial charge on any atom is 0.329 e. The predicted molar refractivity (Wildman–Crippen MR) is 79.3 cm³/mol. The van der Waals surface area contributed by atoms with Crippen LogP contribution in [0.4, 0.5) is 0 Å². The highest BCUT2D eigenvalue weighted by molar-refractivity contribution is 6.34. The molecule has 0 heterocycles. The maximum absolute atomic E-state index is 12.3. The van der Waals surface area contributed by atoms with Gasteiger partial charge in [-0.3, -0.25) is 4.79 Å². The number of hydrogen-bond acceptors (Lipinski definition) is 2. The van der Waals surface area contributed by atoms with Crippen LogP contribution < -0.4 is 5.32 Å². The third-order valence-corrected chi connectivity index (χ3v) is 3.75. The summed E-state index contributed by atoms with van der Waals surface area (Å²) in [5.74, 6) is -1.51. The van der Waals surface area contributed by atoms with Gasteiger partial charge in [0.1, 0.15) is 5.54 Å². The zero-order valence-corrected chi connectivity index (χ0v) is 13.0. The molecule has 2 N–H and O–H groups in total. The summed E-state index contributed by atoms with van der Waals surface area (Å²) in [6.45, 7) is 7.16. The molecule has 4 nitrogen and oxygen atoms in total. The number of benzene rings is 1. The Morgan fingerprint density at radius 1 is 1.30 bits per heavy atom. The average molecular weight is 298 g/mol.